The zero-order valence-electron chi connectivity index (χ0n) is 12.1. The first-order valence-electron chi connectivity index (χ1n) is 7.02. The summed E-state index contributed by atoms with van der Waals surface area (Å²) in [6.07, 6.45) is 1.89. The van der Waals surface area contributed by atoms with Crippen LogP contribution < -0.4 is 5.32 Å². The van der Waals surface area contributed by atoms with E-state index in [4.69, 9.17) is 0 Å². The molecule has 0 aliphatic carbocycles. The number of rotatable bonds is 5. The van der Waals surface area contributed by atoms with Crippen LogP contribution in [0.15, 0.2) is 59.6 Å². The molecule has 0 radical (unpaired) electrons. The van der Waals surface area contributed by atoms with Gasteiger partial charge in [0, 0.05) is 11.1 Å². The van der Waals surface area contributed by atoms with Gasteiger partial charge in [0.25, 0.3) is 0 Å². The first-order valence-corrected chi connectivity index (χ1v) is 7.90. The van der Waals surface area contributed by atoms with Crippen molar-refractivity contribution in [2.45, 2.75) is 23.6 Å². The van der Waals surface area contributed by atoms with Crippen LogP contribution in [0.4, 0.5) is 0 Å². The number of thioether (sulfide) groups is 1. The molecule has 0 saturated heterocycles. The molecule has 2 aromatic heterocycles. The largest absolute Gasteiger partial charge is 0.348 e. The molecule has 0 fully saturated rings. The van der Waals surface area contributed by atoms with E-state index in [0.717, 1.165) is 16.4 Å². The first kappa shape index (κ1) is 14.6. The smallest absolute Gasteiger partial charge is 0.233 e. The van der Waals surface area contributed by atoms with Gasteiger partial charge in [0.1, 0.15) is 0 Å². The average molecular weight is 312 g/mol. The minimum atomic E-state index is -0.165. The fraction of sp³-hybridized carbons (Fsp3) is 0.188. The van der Waals surface area contributed by atoms with Crippen LogP contribution in [0.2, 0.25) is 0 Å². The maximum absolute atomic E-state index is 12.2. The summed E-state index contributed by atoms with van der Waals surface area (Å²) in [4.78, 5) is 13.3. The summed E-state index contributed by atoms with van der Waals surface area (Å²) >= 11 is 1.54. The van der Waals surface area contributed by atoms with Gasteiger partial charge in [-0.1, -0.05) is 24.3 Å². The van der Waals surface area contributed by atoms with E-state index in [9.17, 15) is 4.79 Å². The van der Waals surface area contributed by atoms with Gasteiger partial charge >= 0.3 is 0 Å². The number of benzene rings is 1. The van der Waals surface area contributed by atoms with Crippen molar-refractivity contribution in [3.8, 4) is 0 Å². The highest BCUT2D eigenvalue weighted by molar-refractivity contribution is 8.00. The molecule has 3 rings (SSSR count). The fourth-order valence-corrected chi connectivity index (χ4v) is 2.99. The van der Waals surface area contributed by atoms with E-state index in [0.29, 0.717) is 6.54 Å². The lowest BCUT2D eigenvalue weighted by atomic mass is 10.4. The average Bonchev–Trinajstić information content (AvgIpc) is 2.97. The fourth-order valence-electron chi connectivity index (χ4n) is 2.08. The molecule has 3 aromatic rings. The predicted molar refractivity (Wildman–Crippen MR) is 86.6 cm³/mol. The molecule has 0 spiro atoms. The monoisotopic (exact) mass is 312 g/mol. The van der Waals surface area contributed by atoms with Crippen LogP contribution in [-0.2, 0) is 11.3 Å². The Morgan fingerprint density at radius 1 is 1.18 bits per heavy atom. The molecule has 22 heavy (non-hydrogen) atoms. The molecule has 1 unspecified atom stereocenters. The molecule has 0 aliphatic rings. The molecule has 0 bridgehead atoms. The predicted octanol–water partition coefficient (Wildman–Crippen LogP) is 2.53. The third-order valence-electron chi connectivity index (χ3n) is 3.23. The Bertz CT molecular complexity index is 772. The first-order chi connectivity index (χ1) is 10.7. The van der Waals surface area contributed by atoms with Gasteiger partial charge < -0.3 is 5.32 Å². The van der Waals surface area contributed by atoms with Gasteiger partial charge in [-0.15, -0.1) is 22.0 Å². The molecule has 1 N–H and O–H groups in total. The van der Waals surface area contributed by atoms with Crippen molar-refractivity contribution < 1.29 is 4.79 Å². The quantitative estimate of drug-likeness (QED) is 0.736. The maximum atomic E-state index is 12.2. The molecule has 112 valence electrons. The number of nitrogens with one attached hydrogen (secondary N) is 1. The van der Waals surface area contributed by atoms with Gasteiger partial charge in [-0.25, -0.2) is 0 Å². The number of carbonyl (C=O) groups excluding carboxylic acids is 1. The molecule has 0 aliphatic heterocycles. The van der Waals surface area contributed by atoms with Gasteiger partial charge in [-0.05, 0) is 31.2 Å². The van der Waals surface area contributed by atoms with Crippen molar-refractivity contribution in [1.82, 2.24) is 19.9 Å². The number of fused-ring (bicyclic) bond motifs is 1. The second-order valence-corrected chi connectivity index (χ2v) is 6.25. The number of aromatic nitrogens is 3. The molecule has 1 amide bonds. The Morgan fingerprint density at radius 2 is 1.95 bits per heavy atom. The second-order valence-electron chi connectivity index (χ2n) is 4.84. The van der Waals surface area contributed by atoms with Crippen LogP contribution in [0.1, 0.15) is 12.7 Å². The van der Waals surface area contributed by atoms with E-state index in [-0.39, 0.29) is 11.2 Å². The minimum absolute atomic E-state index is 0.0125. The summed E-state index contributed by atoms with van der Waals surface area (Å²) in [7, 11) is 0. The Labute approximate surface area is 132 Å². The number of amides is 1. The number of pyridine rings is 1. The zero-order chi connectivity index (χ0) is 15.4. The van der Waals surface area contributed by atoms with E-state index in [1.165, 1.54) is 11.8 Å². The number of hydrogen-bond donors (Lipinski definition) is 1. The van der Waals surface area contributed by atoms with Crippen LogP contribution in [0, 0.1) is 0 Å². The summed E-state index contributed by atoms with van der Waals surface area (Å²) in [5.41, 5.74) is 0.776. The normalized spacial score (nSPS) is 12.2. The lowest BCUT2D eigenvalue weighted by molar-refractivity contribution is -0.120. The summed E-state index contributed by atoms with van der Waals surface area (Å²) in [5, 5.41) is 10.9. The topological polar surface area (TPSA) is 59.3 Å². The number of nitrogens with zero attached hydrogens (tertiary/aromatic N) is 3. The highest BCUT2D eigenvalue weighted by Gasteiger charge is 2.15. The van der Waals surface area contributed by atoms with Gasteiger partial charge in [0.15, 0.2) is 11.5 Å². The van der Waals surface area contributed by atoms with E-state index >= 15 is 0 Å². The molecule has 2 heterocycles. The summed E-state index contributed by atoms with van der Waals surface area (Å²) in [6, 6.07) is 15.6. The van der Waals surface area contributed by atoms with Gasteiger partial charge in [-0.2, -0.15) is 0 Å². The van der Waals surface area contributed by atoms with Crippen molar-refractivity contribution >= 4 is 23.3 Å². The standard InChI is InChI=1S/C16H16N4OS/c1-12(22-13-7-3-2-4-8-13)16(21)17-11-15-19-18-14-9-5-6-10-20(14)15/h2-10,12H,11H2,1H3,(H,17,21). The van der Waals surface area contributed by atoms with E-state index in [2.05, 4.69) is 15.5 Å². The van der Waals surface area contributed by atoms with Crippen LogP contribution in [-0.4, -0.2) is 25.8 Å². The van der Waals surface area contributed by atoms with E-state index in [1.807, 2.05) is 66.1 Å². The number of hydrogen-bond acceptors (Lipinski definition) is 4. The van der Waals surface area contributed by atoms with Crippen molar-refractivity contribution in [2.75, 3.05) is 0 Å². The molecule has 1 atom stereocenters. The molecule has 5 nitrogen and oxygen atoms in total. The Kier molecular flexibility index (Phi) is 4.39. The van der Waals surface area contributed by atoms with Gasteiger partial charge in [-0.3, -0.25) is 9.20 Å². The molecule has 6 heteroatoms. The Balaban J connectivity index is 1.60. The van der Waals surface area contributed by atoms with E-state index < -0.39 is 0 Å². The summed E-state index contributed by atoms with van der Waals surface area (Å²) in [5.74, 6) is 0.711. The summed E-state index contributed by atoms with van der Waals surface area (Å²) in [6.45, 7) is 2.26. The second kappa shape index (κ2) is 6.62. The van der Waals surface area contributed by atoms with E-state index in [1.54, 1.807) is 0 Å². The molecular formula is C16H16N4OS. The lowest BCUT2D eigenvalue weighted by Crippen LogP contribution is -2.31. The Morgan fingerprint density at radius 3 is 2.77 bits per heavy atom. The van der Waals surface area contributed by atoms with Crippen molar-refractivity contribution in [1.29, 1.82) is 0 Å². The molecule has 1 aromatic carbocycles. The van der Waals surface area contributed by atoms with Crippen LogP contribution in [0.5, 0.6) is 0 Å². The highest BCUT2D eigenvalue weighted by Crippen LogP contribution is 2.22. The van der Waals surface area contributed by atoms with Gasteiger partial charge in [0.05, 0.1) is 11.8 Å². The van der Waals surface area contributed by atoms with Crippen molar-refractivity contribution in [2.24, 2.45) is 0 Å². The lowest BCUT2D eigenvalue weighted by Gasteiger charge is -2.11. The Hall–Kier alpha value is -2.34. The van der Waals surface area contributed by atoms with Crippen molar-refractivity contribution in [3.05, 3.63) is 60.6 Å². The third kappa shape index (κ3) is 3.28. The highest BCUT2D eigenvalue weighted by atomic mass is 32.2. The summed E-state index contributed by atoms with van der Waals surface area (Å²) < 4.78 is 1.87. The number of carbonyl (C=O) groups is 1. The third-order valence-corrected chi connectivity index (χ3v) is 4.34. The maximum Gasteiger partial charge on any atom is 0.233 e. The minimum Gasteiger partial charge on any atom is -0.348 e. The molecular weight excluding hydrogens is 296 g/mol. The van der Waals surface area contributed by atoms with Crippen LogP contribution in [0.3, 0.4) is 0 Å². The molecule has 0 saturated carbocycles. The van der Waals surface area contributed by atoms with Crippen LogP contribution >= 0.6 is 11.8 Å². The SMILES string of the molecule is CC(Sc1ccccc1)C(=O)NCc1nnc2ccccn12. The zero-order valence-corrected chi connectivity index (χ0v) is 13.0. The van der Waals surface area contributed by atoms with Gasteiger partial charge in [0.2, 0.25) is 5.91 Å². The van der Waals surface area contributed by atoms with Crippen LogP contribution in [0.25, 0.3) is 5.65 Å². The van der Waals surface area contributed by atoms with Crippen molar-refractivity contribution in [3.63, 3.8) is 0 Å².